The predicted octanol–water partition coefficient (Wildman–Crippen LogP) is 4.89. The number of rotatable bonds is 0. The zero-order chi connectivity index (χ0) is 26.5. The van der Waals surface area contributed by atoms with Crippen LogP contribution in [-0.2, 0) is 4.74 Å². The van der Waals surface area contributed by atoms with Gasteiger partial charge in [-0.05, 0) is 90.8 Å². The third-order valence-electron chi connectivity index (χ3n) is 14.9. The molecule has 206 valence electrons. The molecule has 0 aromatic rings. The summed E-state index contributed by atoms with van der Waals surface area (Å²) in [6, 6.07) is 0. The first kappa shape index (κ1) is 26.0. The van der Waals surface area contributed by atoms with Gasteiger partial charge in [0, 0.05) is 11.3 Å². The van der Waals surface area contributed by atoms with E-state index in [0.717, 1.165) is 44.9 Å². The molecule has 0 aromatic heterocycles. The molecule has 1 aliphatic heterocycles. The zero-order valence-electron chi connectivity index (χ0n) is 24.0. The van der Waals surface area contributed by atoms with E-state index in [9.17, 15) is 20.4 Å². The van der Waals surface area contributed by atoms with Crippen LogP contribution >= 0.6 is 0 Å². The molecule has 2 bridgehead atoms. The minimum atomic E-state index is -1.05. The van der Waals surface area contributed by atoms with Gasteiger partial charge in [-0.15, -0.1) is 0 Å². The molecule has 6 rings (SSSR count). The van der Waals surface area contributed by atoms with Gasteiger partial charge in [-0.2, -0.15) is 0 Å². The standard InChI is InChI=1S/C31H52O5/c1-17-23(34)25(2,3)15-20-30-14-10-19-27(6)12-11-21(32)26(4,5)18(27)9-13-28(19,7)29(30,8)16-22(33)31(17,20)24(35)36-30/h17-24,32-35H,9-16H2,1-8H3/t17-,18?,19?,20?,21-,22+,23-,24-,27-,28+,29-,30-,31+/m0/s1. The Morgan fingerprint density at radius 1 is 0.694 bits per heavy atom. The van der Waals surface area contributed by atoms with E-state index < -0.39 is 29.5 Å². The van der Waals surface area contributed by atoms with Gasteiger partial charge in [-0.25, -0.2) is 0 Å². The van der Waals surface area contributed by atoms with Crippen molar-refractivity contribution in [2.45, 2.75) is 137 Å². The van der Waals surface area contributed by atoms with Crippen LogP contribution in [0, 0.1) is 56.2 Å². The van der Waals surface area contributed by atoms with E-state index in [2.05, 4.69) is 48.5 Å². The first-order valence-electron chi connectivity index (χ1n) is 14.9. The van der Waals surface area contributed by atoms with Gasteiger partial charge < -0.3 is 25.2 Å². The van der Waals surface area contributed by atoms with Crippen LogP contribution in [0.5, 0.6) is 0 Å². The highest BCUT2D eigenvalue weighted by Crippen LogP contribution is 2.81. The molecule has 0 radical (unpaired) electrons. The maximum Gasteiger partial charge on any atom is 0.164 e. The summed E-state index contributed by atoms with van der Waals surface area (Å²) in [5.41, 5.74) is -1.85. The number of hydrogen-bond donors (Lipinski definition) is 4. The van der Waals surface area contributed by atoms with Gasteiger partial charge in [0.15, 0.2) is 6.29 Å². The zero-order valence-corrected chi connectivity index (χ0v) is 24.0. The van der Waals surface area contributed by atoms with Crippen LogP contribution in [-0.4, -0.2) is 50.6 Å². The van der Waals surface area contributed by atoms with Crippen molar-refractivity contribution in [1.29, 1.82) is 0 Å². The number of ether oxygens (including phenoxy) is 1. The Bertz CT molecular complexity index is 947. The van der Waals surface area contributed by atoms with E-state index in [1.165, 1.54) is 0 Å². The Morgan fingerprint density at radius 2 is 1.33 bits per heavy atom. The number of aliphatic hydroxyl groups is 4. The van der Waals surface area contributed by atoms with E-state index in [0.29, 0.717) is 18.3 Å². The van der Waals surface area contributed by atoms with Crippen molar-refractivity contribution in [3.05, 3.63) is 0 Å². The third-order valence-corrected chi connectivity index (χ3v) is 14.9. The van der Waals surface area contributed by atoms with Crippen LogP contribution < -0.4 is 0 Å². The minimum absolute atomic E-state index is 0.0232. The highest BCUT2D eigenvalue weighted by Gasteiger charge is 2.83. The summed E-state index contributed by atoms with van der Waals surface area (Å²) in [6.45, 7) is 18.3. The van der Waals surface area contributed by atoms with Crippen LogP contribution in [0.15, 0.2) is 0 Å². The van der Waals surface area contributed by atoms with Crippen LogP contribution in [0.1, 0.15) is 107 Å². The molecular formula is C31H52O5. The van der Waals surface area contributed by atoms with Gasteiger partial charge in [-0.1, -0.05) is 55.4 Å². The van der Waals surface area contributed by atoms with Crippen LogP contribution in [0.2, 0.25) is 0 Å². The van der Waals surface area contributed by atoms with E-state index in [4.69, 9.17) is 4.74 Å². The Morgan fingerprint density at radius 3 is 2.00 bits per heavy atom. The molecule has 36 heavy (non-hydrogen) atoms. The van der Waals surface area contributed by atoms with Crippen LogP contribution in [0.4, 0.5) is 0 Å². The van der Waals surface area contributed by atoms with Gasteiger partial charge in [0.1, 0.15) is 0 Å². The molecule has 4 N–H and O–H groups in total. The molecule has 0 aromatic carbocycles. The third kappa shape index (κ3) is 2.49. The first-order chi connectivity index (χ1) is 16.5. The lowest BCUT2D eigenvalue weighted by molar-refractivity contribution is -0.307. The van der Waals surface area contributed by atoms with Crippen LogP contribution in [0.25, 0.3) is 0 Å². The minimum Gasteiger partial charge on any atom is -0.393 e. The molecular weight excluding hydrogens is 452 g/mol. The van der Waals surface area contributed by atoms with Crippen LogP contribution in [0.3, 0.4) is 0 Å². The molecule has 1 saturated heterocycles. The number of aliphatic hydroxyl groups excluding tert-OH is 4. The summed E-state index contributed by atoms with van der Waals surface area (Å²) in [5, 5.41) is 46.0. The summed E-state index contributed by atoms with van der Waals surface area (Å²) >= 11 is 0. The normalized spacial score (nSPS) is 63.0. The lowest BCUT2D eigenvalue weighted by Gasteiger charge is -2.75. The molecule has 1 heterocycles. The Balaban J connectivity index is 1.49. The van der Waals surface area contributed by atoms with Gasteiger partial charge in [0.25, 0.3) is 0 Å². The fourth-order valence-electron chi connectivity index (χ4n) is 12.8. The van der Waals surface area contributed by atoms with Crippen molar-refractivity contribution in [2.24, 2.45) is 56.2 Å². The molecule has 13 atom stereocenters. The van der Waals surface area contributed by atoms with Gasteiger partial charge in [-0.3, -0.25) is 0 Å². The van der Waals surface area contributed by atoms with Crippen molar-refractivity contribution in [1.82, 2.24) is 0 Å². The van der Waals surface area contributed by atoms with Gasteiger partial charge in [0.05, 0.1) is 29.3 Å². The topological polar surface area (TPSA) is 90.2 Å². The summed E-state index contributed by atoms with van der Waals surface area (Å²) < 4.78 is 6.89. The Hall–Kier alpha value is -0.200. The molecule has 0 amide bonds. The molecule has 5 nitrogen and oxygen atoms in total. The molecule has 1 spiro atoms. The lowest BCUT2D eigenvalue weighted by Crippen LogP contribution is -2.75. The van der Waals surface area contributed by atoms with Crippen molar-refractivity contribution in [3.63, 3.8) is 0 Å². The molecule has 3 unspecified atom stereocenters. The van der Waals surface area contributed by atoms with E-state index >= 15 is 0 Å². The smallest absolute Gasteiger partial charge is 0.164 e. The summed E-state index contributed by atoms with van der Waals surface area (Å²) in [6.07, 6.45) is 4.87. The monoisotopic (exact) mass is 504 g/mol. The fourth-order valence-corrected chi connectivity index (χ4v) is 12.8. The second-order valence-electron chi connectivity index (χ2n) is 16.4. The van der Waals surface area contributed by atoms with E-state index in [-0.39, 0.29) is 45.0 Å². The van der Waals surface area contributed by atoms with Gasteiger partial charge in [0.2, 0.25) is 0 Å². The lowest BCUT2D eigenvalue weighted by atomic mass is 9.30. The van der Waals surface area contributed by atoms with Crippen molar-refractivity contribution in [3.8, 4) is 0 Å². The highest BCUT2D eigenvalue weighted by atomic mass is 16.6. The van der Waals surface area contributed by atoms with Crippen molar-refractivity contribution < 1.29 is 25.2 Å². The average Bonchev–Trinajstić information content (AvgIpc) is 2.97. The fraction of sp³-hybridized carbons (Fsp3) is 1.00. The van der Waals surface area contributed by atoms with E-state index in [1.54, 1.807) is 0 Å². The quantitative estimate of drug-likeness (QED) is 0.377. The van der Waals surface area contributed by atoms with Gasteiger partial charge >= 0.3 is 0 Å². The number of fused-ring (bicyclic) bond motifs is 4. The molecule has 5 aliphatic carbocycles. The SMILES string of the molecule is C[C@H]1[C@H](O)C(C)(C)CC2[C@@]13[C@H](O)C[C@]1(C)[C@@]2(CCC2[C@@]4(C)CC[C@H](O)C(C)(C)C4CC[C@]21C)O[C@@H]3O. The molecule has 5 heteroatoms. The average molecular weight is 505 g/mol. The Kier molecular flexibility index (Phi) is 5.14. The highest BCUT2D eigenvalue weighted by molar-refractivity contribution is 5.30. The Labute approximate surface area is 218 Å². The van der Waals surface area contributed by atoms with Crippen molar-refractivity contribution in [2.75, 3.05) is 0 Å². The first-order valence-corrected chi connectivity index (χ1v) is 14.9. The maximum atomic E-state index is 12.0. The summed E-state index contributed by atoms with van der Waals surface area (Å²) in [7, 11) is 0. The van der Waals surface area contributed by atoms with Crippen molar-refractivity contribution >= 4 is 0 Å². The molecule has 5 saturated carbocycles. The number of hydrogen-bond acceptors (Lipinski definition) is 5. The second kappa shape index (κ2) is 7.11. The summed E-state index contributed by atoms with van der Waals surface area (Å²) in [5.74, 6) is 0.762. The molecule has 6 aliphatic rings. The second-order valence-corrected chi connectivity index (χ2v) is 16.4. The van der Waals surface area contributed by atoms with E-state index in [1.807, 2.05) is 6.92 Å². The maximum absolute atomic E-state index is 12.0. The summed E-state index contributed by atoms with van der Waals surface area (Å²) in [4.78, 5) is 0. The largest absolute Gasteiger partial charge is 0.393 e. The molecule has 6 fully saturated rings. The predicted molar refractivity (Wildman–Crippen MR) is 139 cm³/mol.